The number of rotatable bonds is 3. The fraction of sp³-hybridized carbons (Fsp3) is 0.143. The van der Waals surface area contributed by atoms with Gasteiger partial charge in [-0.25, -0.2) is 4.39 Å². The largest absolute Gasteiger partial charge is 0.379 e. The molecule has 2 aromatic carbocycles. The van der Waals surface area contributed by atoms with Gasteiger partial charge in [0.15, 0.2) is 0 Å². The quantitative estimate of drug-likeness (QED) is 0.808. The molecule has 0 spiro atoms. The van der Waals surface area contributed by atoms with Gasteiger partial charge in [-0.05, 0) is 49.2 Å². The third-order valence-electron chi connectivity index (χ3n) is 2.71. The summed E-state index contributed by atoms with van der Waals surface area (Å²) in [5.41, 5.74) is 1.51. The molecule has 0 saturated heterocycles. The highest BCUT2D eigenvalue weighted by Crippen LogP contribution is 2.28. The summed E-state index contributed by atoms with van der Waals surface area (Å²) in [6.45, 7) is 3.53. The fourth-order valence-corrected chi connectivity index (χ4v) is 3.10. The molecule has 0 heterocycles. The first-order valence-corrected chi connectivity index (χ1v) is 7.55. The topological polar surface area (TPSA) is 43.4 Å². The Morgan fingerprint density at radius 3 is 2.50 bits per heavy atom. The van der Waals surface area contributed by atoms with Crippen molar-refractivity contribution in [3.63, 3.8) is 0 Å². The molecule has 0 radical (unpaired) electrons. The normalized spacial score (nSPS) is 11.4. The fourth-order valence-electron chi connectivity index (χ4n) is 1.63. The van der Waals surface area contributed by atoms with Crippen LogP contribution in [0.1, 0.15) is 11.1 Å². The predicted octanol–water partition coefficient (Wildman–Crippen LogP) is 3.86. The van der Waals surface area contributed by atoms with E-state index in [1.165, 1.54) is 6.07 Å². The first kappa shape index (κ1) is 14.8. The minimum Gasteiger partial charge on any atom is -0.379 e. The summed E-state index contributed by atoms with van der Waals surface area (Å²) in [5.74, 6) is -0.497. The van der Waals surface area contributed by atoms with Crippen LogP contribution < -0.4 is 4.18 Å². The second-order valence-corrected chi connectivity index (χ2v) is 6.30. The Labute approximate surface area is 122 Å². The molecule has 0 N–H and O–H groups in total. The summed E-state index contributed by atoms with van der Waals surface area (Å²) in [7, 11) is -4.18. The summed E-state index contributed by atoms with van der Waals surface area (Å²) in [6, 6.07) is 8.27. The lowest BCUT2D eigenvalue weighted by Gasteiger charge is -2.11. The maximum absolute atomic E-state index is 13.2. The van der Waals surface area contributed by atoms with Crippen molar-refractivity contribution in [1.82, 2.24) is 0 Å². The van der Waals surface area contributed by atoms with E-state index in [4.69, 9.17) is 15.8 Å². The maximum atomic E-state index is 13.2. The molecule has 0 aliphatic heterocycles. The molecule has 106 valence electrons. The van der Waals surface area contributed by atoms with Gasteiger partial charge >= 0.3 is 10.1 Å². The molecule has 2 aromatic rings. The van der Waals surface area contributed by atoms with Gasteiger partial charge in [0, 0.05) is 0 Å². The Morgan fingerprint density at radius 2 is 1.80 bits per heavy atom. The van der Waals surface area contributed by atoms with Crippen molar-refractivity contribution < 1.29 is 17.0 Å². The molecule has 3 nitrogen and oxygen atoms in total. The molecule has 0 fully saturated rings. The number of hydrogen-bond acceptors (Lipinski definition) is 3. The summed E-state index contributed by atoms with van der Waals surface area (Å²) in [5, 5.41) is -0.0864. The van der Waals surface area contributed by atoms with Gasteiger partial charge in [0.2, 0.25) is 0 Å². The van der Waals surface area contributed by atoms with E-state index < -0.39 is 15.9 Å². The van der Waals surface area contributed by atoms with Crippen molar-refractivity contribution in [2.24, 2.45) is 0 Å². The number of hydrogen-bond donors (Lipinski definition) is 0. The second kappa shape index (κ2) is 5.42. The molecule has 0 aliphatic carbocycles. The van der Waals surface area contributed by atoms with Crippen LogP contribution in [0.2, 0.25) is 5.02 Å². The van der Waals surface area contributed by atoms with Gasteiger partial charge in [-0.15, -0.1) is 0 Å². The van der Waals surface area contributed by atoms with Gasteiger partial charge < -0.3 is 4.18 Å². The summed E-state index contributed by atoms with van der Waals surface area (Å²) in [6.07, 6.45) is 0. The van der Waals surface area contributed by atoms with E-state index in [-0.39, 0.29) is 15.7 Å². The van der Waals surface area contributed by atoms with Crippen LogP contribution in [0.3, 0.4) is 0 Å². The first-order chi connectivity index (χ1) is 9.29. The smallest absolute Gasteiger partial charge is 0.340 e. The van der Waals surface area contributed by atoms with Crippen molar-refractivity contribution in [2.45, 2.75) is 18.7 Å². The molecular formula is C14H12ClFO3S. The van der Waals surface area contributed by atoms with Crippen molar-refractivity contribution in [3.05, 3.63) is 58.4 Å². The Bertz CT molecular complexity index is 757. The van der Waals surface area contributed by atoms with E-state index >= 15 is 0 Å². The van der Waals surface area contributed by atoms with Crippen molar-refractivity contribution in [3.8, 4) is 5.75 Å². The molecule has 0 bridgehead atoms. The standard InChI is InChI=1S/C14H12ClFO3S/c1-9-3-4-10(2)13(7-9)19-20(17,18)14-8-11(16)5-6-12(14)15/h3-8H,1-2H3. The van der Waals surface area contributed by atoms with Crippen LogP contribution in [0.25, 0.3) is 0 Å². The maximum Gasteiger partial charge on any atom is 0.340 e. The SMILES string of the molecule is Cc1ccc(C)c(OS(=O)(=O)c2cc(F)ccc2Cl)c1. The van der Waals surface area contributed by atoms with Crippen LogP contribution in [0.5, 0.6) is 5.75 Å². The van der Waals surface area contributed by atoms with Gasteiger partial charge in [-0.3, -0.25) is 0 Å². The zero-order valence-electron chi connectivity index (χ0n) is 10.9. The molecule has 0 aliphatic rings. The van der Waals surface area contributed by atoms with Crippen molar-refractivity contribution in [1.29, 1.82) is 0 Å². The Kier molecular flexibility index (Phi) is 4.01. The third-order valence-corrected chi connectivity index (χ3v) is 4.42. The highest BCUT2D eigenvalue weighted by atomic mass is 35.5. The van der Waals surface area contributed by atoms with Crippen LogP contribution in [-0.4, -0.2) is 8.42 Å². The van der Waals surface area contributed by atoms with E-state index in [0.717, 1.165) is 17.7 Å². The van der Waals surface area contributed by atoms with Gasteiger partial charge in [0.05, 0.1) is 5.02 Å². The highest BCUT2D eigenvalue weighted by Gasteiger charge is 2.22. The molecule has 0 atom stereocenters. The van der Waals surface area contributed by atoms with Gasteiger partial charge in [-0.1, -0.05) is 23.7 Å². The van der Waals surface area contributed by atoms with E-state index in [2.05, 4.69) is 0 Å². The predicted molar refractivity (Wildman–Crippen MR) is 75.1 cm³/mol. The average molecular weight is 315 g/mol. The van der Waals surface area contributed by atoms with E-state index in [1.807, 2.05) is 13.0 Å². The Balaban J connectivity index is 2.46. The minimum atomic E-state index is -4.18. The first-order valence-electron chi connectivity index (χ1n) is 5.76. The lowest BCUT2D eigenvalue weighted by atomic mass is 10.1. The molecule has 0 aromatic heterocycles. The second-order valence-electron chi connectivity index (χ2n) is 4.38. The number of aryl methyl sites for hydroxylation is 2. The lowest BCUT2D eigenvalue weighted by Crippen LogP contribution is -2.11. The van der Waals surface area contributed by atoms with Crippen LogP contribution in [0, 0.1) is 19.7 Å². The summed E-state index contributed by atoms with van der Waals surface area (Å²) < 4.78 is 42.6. The molecule has 6 heteroatoms. The lowest BCUT2D eigenvalue weighted by molar-refractivity contribution is 0.483. The summed E-state index contributed by atoms with van der Waals surface area (Å²) >= 11 is 5.79. The Hall–Kier alpha value is -1.59. The van der Waals surface area contributed by atoms with E-state index in [0.29, 0.717) is 5.56 Å². The number of halogens is 2. The highest BCUT2D eigenvalue weighted by molar-refractivity contribution is 7.87. The van der Waals surface area contributed by atoms with Crippen molar-refractivity contribution >= 4 is 21.7 Å². The number of benzene rings is 2. The molecule has 0 unspecified atom stereocenters. The molecule has 20 heavy (non-hydrogen) atoms. The van der Waals surface area contributed by atoms with Crippen LogP contribution in [-0.2, 0) is 10.1 Å². The van der Waals surface area contributed by atoms with Gasteiger partial charge in [0.1, 0.15) is 16.5 Å². The zero-order chi connectivity index (χ0) is 14.9. The molecule has 0 amide bonds. The minimum absolute atomic E-state index is 0.0864. The van der Waals surface area contributed by atoms with E-state index in [9.17, 15) is 12.8 Å². The third kappa shape index (κ3) is 3.11. The van der Waals surface area contributed by atoms with Crippen molar-refractivity contribution in [2.75, 3.05) is 0 Å². The average Bonchev–Trinajstić information content (AvgIpc) is 2.36. The van der Waals surface area contributed by atoms with Crippen LogP contribution in [0.4, 0.5) is 4.39 Å². The summed E-state index contributed by atoms with van der Waals surface area (Å²) in [4.78, 5) is -0.389. The van der Waals surface area contributed by atoms with Crippen LogP contribution in [0.15, 0.2) is 41.3 Å². The monoisotopic (exact) mass is 314 g/mol. The molecule has 2 rings (SSSR count). The van der Waals surface area contributed by atoms with Gasteiger partial charge in [0.25, 0.3) is 0 Å². The van der Waals surface area contributed by atoms with Gasteiger partial charge in [-0.2, -0.15) is 8.42 Å². The van der Waals surface area contributed by atoms with E-state index in [1.54, 1.807) is 19.1 Å². The molecular weight excluding hydrogens is 303 g/mol. The zero-order valence-corrected chi connectivity index (χ0v) is 12.4. The Morgan fingerprint density at radius 1 is 1.10 bits per heavy atom. The van der Waals surface area contributed by atoms with Crippen LogP contribution >= 0.6 is 11.6 Å². The molecule has 0 saturated carbocycles.